The average Bonchev–Trinajstić information content (AvgIpc) is 2.96. The van der Waals surface area contributed by atoms with Gasteiger partial charge in [0.1, 0.15) is 5.70 Å². The smallest absolute Gasteiger partial charge is 0.272 e. The second kappa shape index (κ2) is 14.1. The van der Waals surface area contributed by atoms with E-state index in [9.17, 15) is 19.2 Å². The van der Waals surface area contributed by atoms with E-state index in [-0.39, 0.29) is 17.4 Å². The van der Waals surface area contributed by atoms with Gasteiger partial charge in [-0.3, -0.25) is 19.2 Å². The zero-order valence-corrected chi connectivity index (χ0v) is 24.0. The molecule has 0 atom stereocenters. The van der Waals surface area contributed by atoms with Gasteiger partial charge in [-0.2, -0.15) is 0 Å². The molecule has 0 bridgehead atoms. The standard InChI is InChI=1S/C31H25BrN4O4S/c32-23-9-4-6-20(16-23)17-27(36-30(39)22-7-2-1-3-8-22)31(40)35-25-10-5-11-26(18-25)41-19-28(37)34-24-14-12-21(13-15-24)29(33)38/h1-18H,19H2,(H2,33,38)(H,34,37)(H,35,40)(H,36,39)/b27-17+. The molecule has 41 heavy (non-hydrogen) atoms. The topological polar surface area (TPSA) is 130 Å². The minimum Gasteiger partial charge on any atom is -0.366 e. The van der Waals surface area contributed by atoms with E-state index in [4.69, 9.17) is 5.73 Å². The van der Waals surface area contributed by atoms with Gasteiger partial charge in [-0.1, -0.05) is 52.3 Å². The third-order valence-electron chi connectivity index (χ3n) is 5.60. The van der Waals surface area contributed by atoms with Crippen LogP contribution in [0.2, 0.25) is 0 Å². The lowest BCUT2D eigenvalue weighted by Gasteiger charge is -2.12. The van der Waals surface area contributed by atoms with Crippen molar-refractivity contribution in [2.45, 2.75) is 4.90 Å². The van der Waals surface area contributed by atoms with E-state index in [2.05, 4.69) is 31.9 Å². The number of hydrogen-bond donors (Lipinski definition) is 4. The van der Waals surface area contributed by atoms with Crippen LogP contribution >= 0.6 is 27.7 Å². The first kappa shape index (κ1) is 29.3. The molecule has 0 aliphatic rings. The molecule has 0 unspecified atom stereocenters. The van der Waals surface area contributed by atoms with E-state index in [1.54, 1.807) is 78.9 Å². The summed E-state index contributed by atoms with van der Waals surface area (Å²) < 4.78 is 0.830. The van der Waals surface area contributed by atoms with Crippen molar-refractivity contribution in [2.75, 3.05) is 16.4 Å². The van der Waals surface area contributed by atoms with Crippen molar-refractivity contribution in [3.8, 4) is 0 Å². The average molecular weight is 630 g/mol. The number of halogens is 1. The van der Waals surface area contributed by atoms with Crippen molar-refractivity contribution in [3.63, 3.8) is 0 Å². The first-order valence-corrected chi connectivity index (χ1v) is 14.1. The number of carbonyl (C=O) groups is 4. The Morgan fingerprint density at radius 2 is 1.49 bits per heavy atom. The molecule has 0 heterocycles. The van der Waals surface area contributed by atoms with Gasteiger partial charge >= 0.3 is 0 Å². The molecule has 0 fully saturated rings. The summed E-state index contributed by atoms with van der Waals surface area (Å²) in [5, 5.41) is 8.32. The van der Waals surface area contributed by atoms with Gasteiger partial charge < -0.3 is 21.7 Å². The van der Waals surface area contributed by atoms with Crippen LogP contribution in [0.1, 0.15) is 26.3 Å². The maximum absolute atomic E-state index is 13.3. The van der Waals surface area contributed by atoms with E-state index < -0.39 is 17.7 Å². The summed E-state index contributed by atoms with van der Waals surface area (Å²) in [6, 6.07) is 29.3. The van der Waals surface area contributed by atoms with Crippen molar-refractivity contribution < 1.29 is 19.2 Å². The summed E-state index contributed by atoms with van der Waals surface area (Å²) >= 11 is 4.72. The highest BCUT2D eigenvalue weighted by atomic mass is 79.9. The summed E-state index contributed by atoms with van der Waals surface area (Å²) in [7, 11) is 0. The minimum absolute atomic E-state index is 0.0664. The van der Waals surface area contributed by atoms with Crippen LogP contribution < -0.4 is 21.7 Å². The Morgan fingerprint density at radius 1 is 0.756 bits per heavy atom. The Bertz CT molecular complexity index is 1610. The zero-order chi connectivity index (χ0) is 29.2. The fourth-order valence-electron chi connectivity index (χ4n) is 3.63. The molecule has 0 aliphatic carbocycles. The zero-order valence-electron chi connectivity index (χ0n) is 21.6. The van der Waals surface area contributed by atoms with Crippen LogP contribution in [0.15, 0.2) is 118 Å². The molecule has 0 spiro atoms. The molecule has 0 aromatic heterocycles. The molecular formula is C31H25BrN4O4S. The Balaban J connectivity index is 1.42. The number of amides is 4. The van der Waals surface area contributed by atoms with Crippen LogP contribution in [0, 0.1) is 0 Å². The van der Waals surface area contributed by atoms with Crippen molar-refractivity contribution in [3.05, 3.63) is 130 Å². The number of benzene rings is 4. The molecule has 8 nitrogen and oxygen atoms in total. The lowest BCUT2D eigenvalue weighted by Crippen LogP contribution is -2.30. The molecule has 4 rings (SSSR count). The van der Waals surface area contributed by atoms with Gasteiger partial charge in [0.2, 0.25) is 11.8 Å². The van der Waals surface area contributed by atoms with E-state index in [1.807, 2.05) is 30.3 Å². The number of hydrogen-bond acceptors (Lipinski definition) is 5. The first-order chi connectivity index (χ1) is 19.8. The molecule has 5 N–H and O–H groups in total. The number of carbonyl (C=O) groups excluding carboxylic acids is 4. The van der Waals surface area contributed by atoms with Crippen LogP contribution in [0.25, 0.3) is 6.08 Å². The van der Waals surface area contributed by atoms with E-state index in [0.29, 0.717) is 22.5 Å². The summed E-state index contributed by atoms with van der Waals surface area (Å²) in [6.07, 6.45) is 1.60. The van der Waals surface area contributed by atoms with Gasteiger partial charge in [-0.15, -0.1) is 11.8 Å². The monoisotopic (exact) mass is 628 g/mol. The second-order valence-corrected chi connectivity index (χ2v) is 10.7. The number of nitrogens with two attached hydrogens (primary N) is 1. The highest BCUT2D eigenvalue weighted by Crippen LogP contribution is 2.23. The summed E-state index contributed by atoms with van der Waals surface area (Å²) in [5.74, 6) is -1.58. The summed E-state index contributed by atoms with van der Waals surface area (Å²) in [4.78, 5) is 50.6. The normalized spacial score (nSPS) is 10.9. The Kier molecular flexibility index (Phi) is 10.1. The SMILES string of the molecule is NC(=O)c1ccc(NC(=O)CSc2cccc(NC(=O)/C(=C\c3cccc(Br)c3)NC(=O)c3ccccc3)c2)cc1. The maximum atomic E-state index is 13.3. The van der Waals surface area contributed by atoms with Crippen LogP contribution in [0.5, 0.6) is 0 Å². The molecule has 0 saturated heterocycles. The fourth-order valence-corrected chi connectivity index (χ4v) is 4.80. The molecule has 0 radical (unpaired) electrons. The van der Waals surface area contributed by atoms with Crippen molar-refractivity contribution in [1.82, 2.24) is 5.32 Å². The van der Waals surface area contributed by atoms with Gasteiger partial charge in [0, 0.05) is 31.9 Å². The molecule has 0 saturated carbocycles. The lowest BCUT2D eigenvalue weighted by molar-refractivity contribution is -0.114. The maximum Gasteiger partial charge on any atom is 0.272 e. The molecule has 0 aliphatic heterocycles. The second-order valence-electron chi connectivity index (χ2n) is 8.69. The number of primary amides is 1. The molecular weight excluding hydrogens is 604 g/mol. The van der Waals surface area contributed by atoms with Gasteiger partial charge in [0.15, 0.2) is 0 Å². The van der Waals surface area contributed by atoms with Crippen LogP contribution in [-0.2, 0) is 9.59 Å². The highest BCUT2D eigenvalue weighted by molar-refractivity contribution is 9.10. The molecule has 4 aromatic carbocycles. The van der Waals surface area contributed by atoms with Crippen LogP contribution in [-0.4, -0.2) is 29.4 Å². The van der Waals surface area contributed by atoms with Gasteiger partial charge in [0.25, 0.3) is 11.8 Å². The third-order valence-corrected chi connectivity index (χ3v) is 7.09. The van der Waals surface area contributed by atoms with Gasteiger partial charge in [0.05, 0.1) is 5.75 Å². The van der Waals surface area contributed by atoms with Crippen LogP contribution in [0.3, 0.4) is 0 Å². The molecule has 206 valence electrons. The van der Waals surface area contributed by atoms with Crippen LogP contribution in [0.4, 0.5) is 11.4 Å². The summed E-state index contributed by atoms with van der Waals surface area (Å²) in [6.45, 7) is 0. The van der Waals surface area contributed by atoms with Gasteiger partial charge in [-0.25, -0.2) is 0 Å². The first-order valence-electron chi connectivity index (χ1n) is 12.3. The third kappa shape index (κ3) is 8.92. The van der Waals surface area contributed by atoms with E-state index in [1.165, 1.54) is 11.8 Å². The van der Waals surface area contributed by atoms with Gasteiger partial charge in [-0.05, 0) is 78.4 Å². The number of anilines is 2. The Labute approximate surface area is 249 Å². The van der Waals surface area contributed by atoms with Crippen molar-refractivity contribution in [2.24, 2.45) is 5.73 Å². The predicted molar refractivity (Wildman–Crippen MR) is 165 cm³/mol. The number of rotatable bonds is 10. The lowest BCUT2D eigenvalue weighted by atomic mass is 10.1. The Hall–Kier alpha value is -4.67. The molecule has 4 amide bonds. The largest absolute Gasteiger partial charge is 0.366 e. The fraction of sp³-hybridized carbons (Fsp3) is 0.0323. The minimum atomic E-state index is -0.542. The number of thioether (sulfide) groups is 1. The number of nitrogens with one attached hydrogen (secondary N) is 3. The molecule has 10 heteroatoms. The highest BCUT2D eigenvalue weighted by Gasteiger charge is 2.16. The van der Waals surface area contributed by atoms with Crippen molar-refractivity contribution in [1.29, 1.82) is 0 Å². The quantitative estimate of drug-likeness (QED) is 0.132. The molecule has 4 aromatic rings. The Morgan fingerprint density at radius 3 is 2.20 bits per heavy atom. The predicted octanol–water partition coefficient (Wildman–Crippen LogP) is 5.69. The van der Waals surface area contributed by atoms with E-state index >= 15 is 0 Å². The van der Waals surface area contributed by atoms with Crippen molar-refractivity contribution >= 4 is 68.8 Å². The van der Waals surface area contributed by atoms with E-state index in [0.717, 1.165) is 14.9 Å². The summed E-state index contributed by atoms with van der Waals surface area (Å²) in [5.41, 5.74) is 7.84.